The number of hydrogen-bond donors (Lipinski definition) is 0. The van der Waals surface area contributed by atoms with Gasteiger partial charge in [0.2, 0.25) is 0 Å². The third-order valence-corrected chi connectivity index (χ3v) is 6.01. The summed E-state index contributed by atoms with van der Waals surface area (Å²) in [6.07, 6.45) is 2.55. The first-order chi connectivity index (χ1) is 15.6. The number of allylic oxidation sites excluding steroid dienone is 1. The summed E-state index contributed by atoms with van der Waals surface area (Å²) in [6, 6.07) is 20.1. The molecule has 0 bridgehead atoms. The lowest BCUT2D eigenvalue weighted by molar-refractivity contribution is -0.150. The molecule has 1 heterocycles. The van der Waals surface area contributed by atoms with Crippen LogP contribution in [-0.4, -0.2) is 27.3 Å². The second kappa shape index (κ2) is 8.47. The average Bonchev–Trinajstić information content (AvgIpc) is 3.37. The van der Waals surface area contributed by atoms with Crippen molar-refractivity contribution in [2.45, 2.75) is 58.5 Å². The molecule has 0 N–H and O–H groups in total. The Morgan fingerprint density at radius 3 is 2.18 bits per heavy atom. The van der Waals surface area contributed by atoms with Crippen molar-refractivity contribution in [3.05, 3.63) is 89.3 Å². The Hall–Kier alpha value is -3.47. The van der Waals surface area contributed by atoms with E-state index in [-0.39, 0.29) is 18.3 Å². The van der Waals surface area contributed by atoms with Gasteiger partial charge in [-0.25, -0.2) is 9.48 Å². The highest BCUT2D eigenvalue weighted by Crippen LogP contribution is 2.43. The molecule has 1 aliphatic rings. The number of hydrogen-bond acceptors (Lipinski definition) is 4. The van der Waals surface area contributed by atoms with Crippen LogP contribution in [0.3, 0.4) is 0 Å². The molecule has 0 fully saturated rings. The van der Waals surface area contributed by atoms with Crippen molar-refractivity contribution in [1.29, 1.82) is 0 Å². The van der Waals surface area contributed by atoms with Crippen LogP contribution in [0.25, 0.3) is 11.1 Å². The Labute approximate surface area is 195 Å². The van der Waals surface area contributed by atoms with E-state index in [0.29, 0.717) is 12.0 Å². The summed E-state index contributed by atoms with van der Waals surface area (Å²) in [7, 11) is 0. The summed E-state index contributed by atoms with van der Waals surface area (Å²) in [5, 5.41) is 4.45. The molecule has 0 amide bonds. The van der Waals surface area contributed by atoms with Crippen molar-refractivity contribution in [2.24, 2.45) is 0 Å². The second-order valence-electron chi connectivity index (χ2n) is 9.78. The summed E-state index contributed by atoms with van der Waals surface area (Å²) in [5.74, 6) is -0.498. The van der Waals surface area contributed by atoms with Gasteiger partial charge in [-0.05, 0) is 70.2 Å². The molecule has 0 spiro atoms. The van der Waals surface area contributed by atoms with Crippen molar-refractivity contribution in [1.82, 2.24) is 9.78 Å². The molecule has 5 nitrogen and oxygen atoms in total. The summed E-state index contributed by atoms with van der Waals surface area (Å²) >= 11 is 0. The number of ether oxygens (including phenoxy) is 1. The highest BCUT2D eigenvalue weighted by molar-refractivity contribution is 5.97. The van der Waals surface area contributed by atoms with Crippen molar-refractivity contribution >= 4 is 11.9 Å². The Morgan fingerprint density at radius 2 is 1.61 bits per heavy atom. The minimum absolute atomic E-state index is 0.129. The maximum atomic E-state index is 13.9. The SMILES string of the molecule is Cc1cc(C)n(C(=O)[C@@]2(c3ccc(-c4ccccc4)cc3)CC=C(C(=O)OC(C)(C)C)C2)n1. The highest BCUT2D eigenvalue weighted by atomic mass is 16.6. The molecule has 0 saturated carbocycles. The molecule has 2 aromatic carbocycles. The van der Waals surface area contributed by atoms with E-state index >= 15 is 0 Å². The molecule has 5 heteroatoms. The molecule has 1 aromatic heterocycles. The van der Waals surface area contributed by atoms with E-state index in [1.165, 1.54) is 4.68 Å². The van der Waals surface area contributed by atoms with Crippen LogP contribution >= 0.6 is 0 Å². The Balaban J connectivity index is 1.72. The van der Waals surface area contributed by atoms with Crippen molar-refractivity contribution < 1.29 is 14.3 Å². The van der Waals surface area contributed by atoms with E-state index in [4.69, 9.17) is 4.74 Å². The molecule has 4 rings (SSSR count). The fourth-order valence-electron chi connectivity index (χ4n) is 4.42. The van der Waals surface area contributed by atoms with Crippen LogP contribution in [0.5, 0.6) is 0 Å². The Morgan fingerprint density at radius 1 is 0.970 bits per heavy atom. The number of esters is 1. The number of aromatic nitrogens is 2. The van der Waals surface area contributed by atoms with Gasteiger partial charge in [-0.2, -0.15) is 5.10 Å². The predicted molar refractivity (Wildman–Crippen MR) is 129 cm³/mol. The van der Waals surface area contributed by atoms with Crippen LogP contribution in [0.4, 0.5) is 0 Å². The fraction of sp³-hybridized carbons (Fsp3) is 0.321. The smallest absolute Gasteiger partial charge is 0.334 e. The summed E-state index contributed by atoms with van der Waals surface area (Å²) in [4.78, 5) is 26.8. The monoisotopic (exact) mass is 442 g/mol. The number of carbonyl (C=O) groups is 2. The third-order valence-electron chi connectivity index (χ3n) is 6.01. The van der Waals surface area contributed by atoms with E-state index in [1.54, 1.807) is 0 Å². The molecule has 1 aliphatic carbocycles. The molecule has 0 unspecified atom stereocenters. The van der Waals surface area contributed by atoms with Gasteiger partial charge in [0, 0.05) is 11.3 Å². The van der Waals surface area contributed by atoms with Crippen LogP contribution in [-0.2, 0) is 14.9 Å². The van der Waals surface area contributed by atoms with E-state index < -0.39 is 11.0 Å². The van der Waals surface area contributed by atoms with Gasteiger partial charge in [-0.15, -0.1) is 0 Å². The molecule has 3 aromatic rings. The molecular formula is C28H30N2O3. The normalized spacial score (nSPS) is 18.2. The lowest BCUT2D eigenvalue weighted by atomic mass is 9.76. The maximum absolute atomic E-state index is 13.9. The van der Waals surface area contributed by atoms with Gasteiger partial charge >= 0.3 is 5.97 Å². The fourth-order valence-corrected chi connectivity index (χ4v) is 4.42. The number of carbonyl (C=O) groups excluding carboxylic acids is 2. The molecule has 0 saturated heterocycles. The second-order valence-corrected chi connectivity index (χ2v) is 9.78. The minimum Gasteiger partial charge on any atom is -0.457 e. The van der Waals surface area contributed by atoms with Gasteiger partial charge in [0.15, 0.2) is 0 Å². The van der Waals surface area contributed by atoms with Crippen LogP contribution < -0.4 is 0 Å². The van der Waals surface area contributed by atoms with Crippen LogP contribution in [0.2, 0.25) is 0 Å². The topological polar surface area (TPSA) is 61.2 Å². The first-order valence-electron chi connectivity index (χ1n) is 11.3. The number of nitrogens with zero attached hydrogens (tertiary/aromatic N) is 2. The van der Waals surface area contributed by atoms with E-state index in [0.717, 1.165) is 28.1 Å². The van der Waals surface area contributed by atoms with E-state index in [2.05, 4.69) is 17.2 Å². The van der Waals surface area contributed by atoms with Crippen LogP contribution in [0, 0.1) is 13.8 Å². The van der Waals surface area contributed by atoms with Gasteiger partial charge in [-0.1, -0.05) is 60.7 Å². The molecule has 0 aliphatic heterocycles. The standard InChI is InChI=1S/C28H30N2O3/c1-19-17-20(2)30(29-19)26(32)28(16-15-23(18-28)25(31)33-27(3,4)5)24-13-11-22(12-14-24)21-9-7-6-8-10-21/h6-15,17H,16,18H2,1-5H3/t28-/m0/s1. The van der Waals surface area contributed by atoms with E-state index in [1.807, 2.05) is 89.2 Å². The van der Waals surface area contributed by atoms with Gasteiger partial charge in [0.1, 0.15) is 5.60 Å². The lowest BCUT2D eigenvalue weighted by Gasteiger charge is -2.29. The zero-order valence-corrected chi connectivity index (χ0v) is 19.9. The zero-order chi connectivity index (χ0) is 23.8. The molecule has 170 valence electrons. The first-order valence-corrected chi connectivity index (χ1v) is 11.3. The predicted octanol–water partition coefficient (Wildman–Crippen LogP) is 5.81. The molecule has 33 heavy (non-hydrogen) atoms. The van der Waals surface area contributed by atoms with Crippen molar-refractivity contribution in [3.8, 4) is 11.1 Å². The number of rotatable bonds is 4. The van der Waals surface area contributed by atoms with Crippen molar-refractivity contribution in [2.75, 3.05) is 0 Å². The summed E-state index contributed by atoms with van der Waals surface area (Å²) in [5.41, 5.74) is 3.65. The minimum atomic E-state index is -0.912. The van der Waals surface area contributed by atoms with Gasteiger partial charge in [-0.3, -0.25) is 4.79 Å². The highest BCUT2D eigenvalue weighted by Gasteiger charge is 2.47. The lowest BCUT2D eigenvalue weighted by Crippen LogP contribution is -2.39. The summed E-state index contributed by atoms with van der Waals surface area (Å²) in [6.45, 7) is 9.28. The largest absolute Gasteiger partial charge is 0.457 e. The van der Waals surface area contributed by atoms with Gasteiger partial charge in [0.05, 0.1) is 11.1 Å². The van der Waals surface area contributed by atoms with Gasteiger partial charge in [0.25, 0.3) is 5.91 Å². The quantitative estimate of drug-likeness (QED) is 0.479. The van der Waals surface area contributed by atoms with Crippen LogP contribution in [0.15, 0.2) is 72.3 Å². The summed E-state index contributed by atoms with van der Waals surface area (Å²) < 4.78 is 7.08. The number of benzene rings is 2. The first kappa shape index (κ1) is 22.7. The van der Waals surface area contributed by atoms with Crippen molar-refractivity contribution in [3.63, 3.8) is 0 Å². The molecule has 0 radical (unpaired) electrons. The maximum Gasteiger partial charge on any atom is 0.334 e. The Bertz CT molecular complexity index is 1210. The third kappa shape index (κ3) is 4.54. The van der Waals surface area contributed by atoms with E-state index in [9.17, 15) is 9.59 Å². The average molecular weight is 443 g/mol. The molecular weight excluding hydrogens is 412 g/mol. The zero-order valence-electron chi connectivity index (χ0n) is 19.9. The van der Waals surface area contributed by atoms with Gasteiger partial charge < -0.3 is 4.74 Å². The number of aryl methyl sites for hydroxylation is 2. The Kier molecular flexibility index (Phi) is 5.83. The van der Waals surface area contributed by atoms with Crippen LogP contribution in [0.1, 0.15) is 55.4 Å². The molecule has 1 atom stereocenters.